The Balaban J connectivity index is 2.05. The Kier molecular flexibility index (Phi) is 4.67. The molecule has 0 bridgehead atoms. The predicted octanol–water partition coefficient (Wildman–Crippen LogP) is 3.50. The van der Waals surface area contributed by atoms with Crippen LogP contribution in [0.2, 0.25) is 0 Å². The molecule has 0 spiro atoms. The van der Waals surface area contributed by atoms with Crippen molar-refractivity contribution in [2.24, 2.45) is 5.92 Å². The second kappa shape index (κ2) is 6.46. The van der Waals surface area contributed by atoms with Gasteiger partial charge in [0.15, 0.2) is 0 Å². The van der Waals surface area contributed by atoms with Gasteiger partial charge in [-0.05, 0) is 35.1 Å². The van der Waals surface area contributed by atoms with Crippen molar-refractivity contribution >= 4 is 11.3 Å². The standard InChI is InChI=1S/C15H17N3S/c1-11(2)15(14-4-3-7-19-14)18-10-12-5-6-17-13(8-12)9-16/h3-8,11,15,18H,10H2,1-2H3. The molecular weight excluding hydrogens is 254 g/mol. The molecule has 0 aromatic carbocycles. The van der Waals surface area contributed by atoms with Gasteiger partial charge in [0, 0.05) is 23.7 Å². The average molecular weight is 271 g/mol. The lowest BCUT2D eigenvalue weighted by Gasteiger charge is -2.21. The SMILES string of the molecule is CC(C)C(NCc1ccnc(C#N)c1)c1cccs1. The van der Waals surface area contributed by atoms with Crippen molar-refractivity contribution in [1.82, 2.24) is 10.3 Å². The van der Waals surface area contributed by atoms with E-state index in [1.807, 2.05) is 12.1 Å². The molecule has 0 saturated carbocycles. The Bertz CT molecular complexity index is 555. The van der Waals surface area contributed by atoms with Gasteiger partial charge in [0.05, 0.1) is 0 Å². The van der Waals surface area contributed by atoms with Gasteiger partial charge in [-0.2, -0.15) is 5.26 Å². The van der Waals surface area contributed by atoms with E-state index in [-0.39, 0.29) is 0 Å². The Hall–Kier alpha value is -1.70. The summed E-state index contributed by atoms with van der Waals surface area (Å²) in [6.07, 6.45) is 1.69. The van der Waals surface area contributed by atoms with Crippen LogP contribution in [0.1, 0.15) is 36.0 Å². The summed E-state index contributed by atoms with van der Waals surface area (Å²) in [5.41, 5.74) is 1.56. The number of aromatic nitrogens is 1. The number of nitrogens with one attached hydrogen (secondary N) is 1. The normalized spacial score (nSPS) is 12.3. The van der Waals surface area contributed by atoms with Crippen LogP contribution in [-0.2, 0) is 6.54 Å². The number of rotatable bonds is 5. The summed E-state index contributed by atoms with van der Waals surface area (Å²) >= 11 is 1.77. The molecule has 0 aliphatic heterocycles. The molecule has 2 aromatic heterocycles. The molecule has 0 radical (unpaired) electrons. The maximum absolute atomic E-state index is 8.85. The largest absolute Gasteiger partial charge is 0.305 e. The van der Waals surface area contributed by atoms with Crippen LogP contribution < -0.4 is 5.32 Å². The molecule has 0 aliphatic carbocycles. The molecule has 0 saturated heterocycles. The molecule has 1 N–H and O–H groups in total. The molecule has 0 aliphatic rings. The van der Waals surface area contributed by atoms with Crippen molar-refractivity contribution in [1.29, 1.82) is 5.26 Å². The summed E-state index contributed by atoms with van der Waals surface area (Å²) in [5.74, 6) is 0.524. The highest BCUT2D eigenvalue weighted by atomic mass is 32.1. The number of thiophene rings is 1. The van der Waals surface area contributed by atoms with Crippen LogP contribution in [0, 0.1) is 17.2 Å². The zero-order valence-corrected chi connectivity index (χ0v) is 11.9. The molecule has 1 unspecified atom stereocenters. The van der Waals surface area contributed by atoms with E-state index in [1.54, 1.807) is 17.5 Å². The van der Waals surface area contributed by atoms with E-state index in [2.05, 4.69) is 47.7 Å². The molecule has 0 amide bonds. The quantitative estimate of drug-likeness (QED) is 0.905. The van der Waals surface area contributed by atoms with Crippen LogP contribution in [0.3, 0.4) is 0 Å². The molecule has 2 rings (SSSR count). The Morgan fingerprint density at radius 1 is 1.42 bits per heavy atom. The Labute approximate surface area is 117 Å². The van der Waals surface area contributed by atoms with Gasteiger partial charge in [0.1, 0.15) is 11.8 Å². The van der Waals surface area contributed by atoms with Crippen molar-refractivity contribution in [3.05, 3.63) is 52.0 Å². The molecule has 1 atom stereocenters. The lowest BCUT2D eigenvalue weighted by atomic mass is 10.0. The minimum atomic E-state index is 0.346. The molecule has 2 heterocycles. The third kappa shape index (κ3) is 3.63. The van der Waals surface area contributed by atoms with Gasteiger partial charge < -0.3 is 5.32 Å². The fraction of sp³-hybridized carbons (Fsp3) is 0.333. The third-order valence-electron chi connectivity index (χ3n) is 2.98. The number of hydrogen-bond donors (Lipinski definition) is 1. The number of nitriles is 1. The number of nitrogens with zero attached hydrogens (tertiary/aromatic N) is 2. The van der Waals surface area contributed by atoms with E-state index >= 15 is 0 Å². The first-order chi connectivity index (χ1) is 9.20. The first kappa shape index (κ1) is 13.7. The summed E-state index contributed by atoms with van der Waals surface area (Å²) in [6, 6.07) is 10.4. The van der Waals surface area contributed by atoms with E-state index in [0.29, 0.717) is 17.7 Å². The molecule has 19 heavy (non-hydrogen) atoms. The van der Waals surface area contributed by atoms with E-state index < -0.39 is 0 Å². The van der Waals surface area contributed by atoms with Crippen molar-refractivity contribution < 1.29 is 0 Å². The van der Waals surface area contributed by atoms with Crippen LogP contribution in [0.4, 0.5) is 0 Å². The second-order valence-corrected chi connectivity index (χ2v) is 5.76. The summed E-state index contributed by atoms with van der Waals surface area (Å²) < 4.78 is 0. The minimum Gasteiger partial charge on any atom is -0.305 e. The summed E-state index contributed by atoms with van der Waals surface area (Å²) in [5, 5.41) is 14.5. The summed E-state index contributed by atoms with van der Waals surface area (Å²) in [4.78, 5) is 5.33. The van der Waals surface area contributed by atoms with Gasteiger partial charge in [-0.3, -0.25) is 0 Å². The van der Waals surface area contributed by atoms with Gasteiger partial charge in [-0.25, -0.2) is 4.98 Å². The number of pyridine rings is 1. The highest BCUT2D eigenvalue weighted by molar-refractivity contribution is 7.10. The monoisotopic (exact) mass is 271 g/mol. The topological polar surface area (TPSA) is 48.7 Å². The molecule has 0 fully saturated rings. The van der Waals surface area contributed by atoms with E-state index in [0.717, 1.165) is 12.1 Å². The number of hydrogen-bond acceptors (Lipinski definition) is 4. The van der Waals surface area contributed by atoms with Crippen molar-refractivity contribution in [2.75, 3.05) is 0 Å². The summed E-state index contributed by atoms with van der Waals surface area (Å²) in [7, 11) is 0. The maximum Gasteiger partial charge on any atom is 0.140 e. The first-order valence-electron chi connectivity index (χ1n) is 6.32. The zero-order valence-electron chi connectivity index (χ0n) is 11.1. The molecule has 4 heteroatoms. The zero-order chi connectivity index (χ0) is 13.7. The van der Waals surface area contributed by atoms with Crippen LogP contribution in [-0.4, -0.2) is 4.98 Å². The smallest absolute Gasteiger partial charge is 0.140 e. The van der Waals surface area contributed by atoms with Gasteiger partial charge in [0.25, 0.3) is 0 Å². The van der Waals surface area contributed by atoms with E-state index in [1.165, 1.54) is 4.88 Å². The Morgan fingerprint density at radius 2 is 2.26 bits per heavy atom. The van der Waals surface area contributed by atoms with Crippen LogP contribution in [0.25, 0.3) is 0 Å². The lowest BCUT2D eigenvalue weighted by Crippen LogP contribution is -2.24. The maximum atomic E-state index is 8.85. The second-order valence-electron chi connectivity index (χ2n) is 4.78. The fourth-order valence-corrected chi connectivity index (χ4v) is 2.98. The summed E-state index contributed by atoms with van der Waals surface area (Å²) in [6.45, 7) is 5.17. The minimum absolute atomic E-state index is 0.346. The fourth-order valence-electron chi connectivity index (χ4n) is 2.01. The predicted molar refractivity (Wildman–Crippen MR) is 77.7 cm³/mol. The third-order valence-corrected chi connectivity index (χ3v) is 3.94. The van der Waals surface area contributed by atoms with Crippen LogP contribution in [0.5, 0.6) is 0 Å². The van der Waals surface area contributed by atoms with Crippen molar-refractivity contribution in [2.45, 2.75) is 26.4 Å². The van der Waals surface area contributed by atoms with E-state index in [9.17, 15) is 0 Å². The molecular formula is C15H17N3S. The Morgan fingerprint density at radius 3 is 2.89 bits per heavy atom. The van der Waals surface area contributed by atoms with Gasteiger partial charge in [0.2, 0.25) is 0 Å². The van der Waals surface area contributed by atoms with Crippen molar-refractivity contribution in [3.63, 3.8) is 0 Å². The van der Waals surface area contributed by atoms with Gasteiger partial charge >= 0.3 is 0 Å². The van der Waals surface area contributed by atoms with Crippen LogP contribution in [0.15, 0.2) is 35.8 Å². The lowest BCUT2D eigenvalue weighted by molar-refractivity contribution is 0.416. The molecule has 2 aromatic rings. The highest BCUT2D eigenvalue weighted by Crippen LogP contribution is 2.26. The van der Waals surface area contributed by atoms with Crippen LogP contribution >= 0.6 is 11.3 Å². The first-order valence-corrected chi connectivity index (χ1v) is 7.20. The molecule has 98 valence electrons. The molecule has 3 nitrogen and oxygen atoms in total. The van der Waals surface area contributed by atoms with Gasteiger partial charge in [-0.1, -0.05) is 19.9 Å². The van der Waals surface area contributed by atoms with E-state index in [4.69, 9.17) is 5.26 Å². The van der Waals surface area contributed by atoms with Crippen molar-refractivity contribution in [3.8, 4) is 6.07 Å². The van der Waals surface area contributed by atoms with Gasteiger partial charge in [-0.15, -0.1) is 11.3 Å². The highest BCUT2D eigenvalue weighted by Gasteiger charge is 2.15. The average Bonchev–Trinajstić information content (AvgIpc) is 2.93.